The van der Waals surface area contributed by atoms with E-state index in [0.29, 0.717) is 5.56 Å². The van der Waals surface area contributed by atoms with E-state index < -0.39 is 5.91 Å². The molecule has 1 aromatic carbocycles. The Labute approximate surface area is 134 Å². The molecule has 0 fully saturated rings. The monoisotopic (exact) mass is 310 g/mol. The highest BCUT2D eigenvalue weighted by Gasteiger charge is 2.19. The summed E-state index contributed by atoms with van der Waals surface area (Å²) in [5, 5.41) is 24.0. The van der Waals surface area contributed by atoms with Gasteiger partial charge in [-0.15, -0.1) is 0 Å². The van der Waals surface area contributed by atoms with Crippen molar-refractivity contribution in [3.8, 4) is 0 Å². The molecule has 6 nitrogen and oxygen atoms in total. The molecule has 0 unspecified atom stereocenters. The van der Waals surface area contributed by atoms with Crippen LogP contribution in [0.1, 0.15) is 21.5 Å². The lowest BCUT2D eigenvalue weighted by Crippen LogP contribution is -2.33. The maximum absolute atomic E-state index is 11.5. The largest absolute Gasteiger partial charge is 0.299 e. The third-order valence-corrected chi connectivity index (χ3v) is 4.15. The minimum absolute atomic E-state index is 0.243. The van der Waals surface area contributed by atoms with Gasteiger partial charge in [-0.3, -0.25) is 25.7 Å². The average Bonchev–Trinajstić information content (AvgIpc) is 2.57. The van der Waals surface area contributed by atoms with Crippen LogP contribution in [0.3, 0.4) is 0 Å². The molecule has 1 aromatic rings. The summed E-state index contributed by atoms with van der Waals surface area (Å²) in [4.78, 5) is 13.7. The summed E-state index contributed by atoms with van der Waals surface area (Å²) in [6, 6.07) is 5.47. The fourth-order valence-electron chi connectivity index (χ4n) is 2.90. The molecule has 118 valence electrons. The molecule has 1 aliphatic heterocycles. The van der Waals surface area contributed by atoms with Crippen molar-refractivity contribution in [1.82, 2.24) is 10.4 Å². The number of nitrogens with one attached hydrogen (secondary N) is 3. The van der Waals surface area contributed by atoms with Gasteiger partial charge < -0.3 is 0 Å². The van der Waals surface area contributed by atoms with Gasteiger partial charge in [0, 0.05) is 25.2 Å². The zero-order chi connectivity index (χ0) is 16.4. The fourth-order valence-corrected chi connectivity index (χ4v) is 2.90. The maximum Gasteiger partial charge on any atom is 0.274 e. The molecule has 0 spiro atoms. The highest BCUT2D eigenvalue weighted by molar-refractivity contribution is 6.49. The number of amides is 1. The normalized spacial score (nSPS) is 17.7. The van der Waals surface area contributed by atoms with E-state index in [0.717, 1.165) is 37.2 Å². The van der Waals surface area contributed by atoms with Crippen LogP contribution in [0, 0.1) is 10.8 Å². The zero-order valence-electron chi connectivity index (χ0n) is 12.6. The lowest BCUT2D eigenvalue weighted by molar-refractivity contribution is 0.0706. The van der Waals surface area contributed by atoms with Crippen molar-refractivity contribution in [3.63, 3.8) is 0 Å². The summed E-state index contributed by atoms with van der Waals surface area (Å²) in [7, 11) is 0. The Morgan fingerprint density at radius 2 is 2.04 bits per heavy atom. The second kappa shape index (κ2) is 6.28. The molecule has 4 N–H and O–H groups in total. The van der Waals surface area contributed by atoms with Crippen molar-refractivity contribution in [2.24, 2.45) is 0 Å². The van der Waals surface area contributed by atoms with Gasteiger partial charge in [-0.05, 0) is 47.4 Å². The number of allylic oxidation sites excluding steroid dienone is 2. The summed E-state index contributed by atoms with van der Waals surface area (Å²) in [6.07, 6.45) is 6.14. The minimum Gasteiger partial charge on any atom is -0.299 e. The first-order valence-corrected chi connectivity index (χ1v) is 7.41. The van der Waals surface area contributed by atoms with E-state index in [2.05, 4.69) is 4.90 Å². The summed E-state index contributed by atoms with van der Waals surface area (Å²) >= 11 is 0. The fraction of sp³-hybridized carbons (Fsp3) is 0.235. The number of hydroxylamine groups is 1. The van der Waals surface area contributed by atoms with Crippen LogP contribution in [0.5, 0.6) is 0 Å². The number of rotatable bonds is 3. The molecule has 0 aromatic heterocycles. The Bertz CT molecular complexity index is 749. The summed E-state index contributed by atoms with van der Waals surface area (Å²) in [5.74, 6) is -0.492. The van der Waals surface area contributed by atoms with Crippen LogP contribution in [0.4, 0.5) is 0 Å². The van der Waals surface area contributed by atoms with Crippen LogP contribution in [0.25, 0.3) is 0 Å². The molecular weight excluding hydrogens is 292 g/mol. The van der Waals surface area contributed by atoms with Gasteiger partial charge in [-0.25, -0.2) is 5.48 Å². The van der Waals surface area contributed by atoms with Crippen LogP contribution in [0.15, 0.2) is 42.0 Å². The molecule has 1 amide bonds. The number of fused-ring (bicyclic) bond motifs is 1. The smallest absolute Gasteiger partial charge is 0.274 e. The topological polar surface area (TPSA) is 100 Å². The van der Waals surface area contributed by atoms with E-state index in [1.807, 2.05) is 18.2 Å². The second-order valence-electron chi connectivity index (χ2n) is 5.77. The van der Waals surface area contributed by atoms with Gasteiger partial charge in [-0.1, -0.05) is 12.1 Å². The third kappa shape index (κ3) is 3.28. The molecule has 2 aliphatic rings. The number of carbonyl (C=O) groups is 1. The number of nitrogens with zero attached hydrogens (tertiary/aromatic N) is 1. The van der Waals surface area contributed by atoms with Crippen LogP contribution in [0.2, 0.25) is 0 Å². The first-order valence-electron chi connectivity index (χ1n) is 7.41. The van der Waals surface area contributed by atoms with Crippen molar-refractivity contribution < 1.29 is 10.0 Å². The molecular formula is C17H18N4O2. The van der Waals surface area contributed by atoms with E-state index >= 15 is 0 Å². The predicted octanol–water partition coefficient (Wildman–Crippen LogP) is 1.70. The van der Waals surface area contributed by atoms with Crippen molar-refractivity contribution in [3.05, 3.63) is 58.7 Å². The Morgan fingerprint density at radius 3 is 2.78 bits per heavy atom. The van der Waals surface area contributed by atoms with Crippen molar-refractivity contribution >= 4 is 17.3 Å². The Balaban J connectivity index is 1.70. The van der Waals surface area contributed by atoms with Crippen molar-refractivity contribution in [1.29, 1.82) is 10.8 Å². The number of hydrogen-bond donors (Lipinski definition) is 4. The standard InChI is InChI=1S/C17H18N4O2/c18-15-4-1-11(7-16(15)19)9-21-6-5-12-8-13(17(22)20-23)2-3-14(12)10-21/h1-4,7-8,18-19,23H,5-6,9-10H2,(H,20,22). The van der Waals surface area contributed by atoms with Gasteiger partial charge in [0.25, 0.3) is 5.91 Å². The van der Waals surface area contributed by atoms with Gasteiger partial charge in [0.2, 0.25) is 0 Å². The lowest BCUT2D eigenvalue weighted by Gasteiger charge is -2.29. The molecule has 0 saturated carbocycles. The number of benzene rings is 1. The van der Waals surface area contributed by atoms with E-state index in [9.17, 15) is 4.79 Å². The van der Waals surface area contributed by atoms with Crippen molar-refractivity contribution in [2.45, 2.75) is 13.0 Å². The Kier molecular flexibility index (Phi) is 4.18. The molecule has 6 heteroatoms. The minimum atomic E-state index is -0.492. The first kappa shape index (κ1) is 15.3. The Hall–Kier alpha value is -2.57. The molecule has 3 rings (SSSR count). The SMILES string of the molecule is N=C1C=CC(CN2CCc3cc(C(=O)NO)ccc3C2)=CC1=N. The molecule has 0 saturated heterocycles. The van der Waals surface area contributed by atoms with Gasteiger partial charge >= 0.3 is 0 Å². The average molecular weight is 310 g/mol. The van der Waals surface area contributed by atoms with Crippen LogP contribution >= 0.6 is 0 Å². The molecule has 1 aliphatic carbocycles. The zero-order valence-corrected chi connectivity index (χ0v) is 12.6. The second-order valence-corrected chi connectivity index (χ2v) is 5.77. The predicted molar refractivity (Wildman–Crippen MR) is 87.4 cm³/mol. The summed E-state index contributed by atoms with van der Waals surface area (Å²) < 4.78 is 0. The third-order valence-electron chi connectivity index (χ3n) is 4.15. The maximum atomic E-state index is 11.5. The van der Waals surface area contributed by atoms with Crippen LogP contribution in [-0.4, -0.2) is 40.5 Å². The summed E-state index contributed by atoms with van der Waals surface area (Å²) in [5.41, 5.74) is 5.95. The lowest BCUT2D eigenvalue weighted by atomic mass is 9.96. The van der Waals surface area contributed by atoms with Crippen molar-refractivity contribution in [2.75, 3.05) is 13.1 Å². The molecule has 0 atom stereocenters. The van der Waals surface area contributed by atoms with Gasteiger partial charge in [0.1, 0.15) is 0 Å². The summed E-state index contributed by atoms with van der Waals surface area (Å²) in [6.45, 7) is 2.39. The van der Waals surface area contributed by atoms with Gasteiger partial charge in [-0.2, -0.15) is 0 Å². The van der Waals surface area contributed by atoms with E-state index in [1.54, 1.807) is 23.7 Å². The van der Waals surface area contributed by atoms with E-state index in [1.165, 1.54) is 5.56 Å². The highest BCUT2D eigenvalue weighted by Crippen LogP contribution is 2.22. The van der Waals surface area contributed by atoms with E-state index in [-0.39, 0.29) is 11.4 Å². The molecule has 0 bridgehead atoms. The number of hydrogen-bond acceptors (Lipinski definition) is 5. The van der Waals surface area contributed by atoms with Gasteiger partial charge in [0.05, 0.1) is 11.4 Å². The molecule has 23 heavy (non-hydrogen) atoms. The quantitative estimate of drug-likeness (QED) is 0.388. The first-order chi connectivity index (χ1) is 11.1. The van der Waals surface area contributed by atoms with Crippen LogP contribution < -0.4 is 5.48 Å². The number of carbonyl (C=O) groups excluding carboxylic acids is 1. The van der Waals surface area contributed by atoms with Crippen LogP contribution in [-0.2, 0) is 13.0 Å². The molecule has 1 heterocycles. The van der Waals surface area contributed by atoms with E-state index in [4.69, 9.17) is 16.0 Å². The highest BCUT2D eigenvalue weighted by atomic mass is 16.5. The Morgan fingerprint density at radius 1 is 1.22 bits per heavy atom. The van der Waals surface area contributed by atoms with Gasteiger partial charge in [0.15, 0.2) is 0 Å². The molecule has 0 radical (unpaired) electrons.